The van der Waals surface area contributed by atoms with Crippen LogP contribution in [0.5, 0.6) is 0 Å². The predicted octanol–water partition coefficient (Wildman–Crippen LogP) is 6.00. The van der Waals surface area contributed by atoms with Crippen molar-refractivity contribution in [2.24, 2.45) is 0 Å². The predicted molar refractivity (Wildman–Crippen MR) is 137 cm³/mol. The Hall–Kier alpha value is -2.61. The first kappa shape index (κ1) is 23.5. The van der Waals surface area contributed by atoms with Crippen molar-refractivity contribution in [1.82, 2.24) is 9.71 Å². The molecule has 5 nitrogen and oxygen atoms in total. The summed E-state index contributed by atoms with van der Waals surface area (Å²) in [4.78, 5) is 16.4. The first-order chi connectivity index (χ1) is 15.7. The number of alkyl halides is 1. The highest BCUT2D eigenvalue weighted by molar-refractivity contribution is 9.09. The third-order valence-corrected chi connectivity index (χ3v) is 8.00. The van der Waals surface area contributed by atoms with Crippen molar-refractivity contribution < 1.29 is 13.2 Å². The van der Waals surface area contributed by atoms with Crippen LogP contribution in [0.2, 0.25) is 0 Å². The van der Waals surface area contributed by atoms with Crippen LogP contribution >= 0.6 is 27.5 Å². The van der Waals surface area contributed by atoms with Crippen LogP contribution in [-0.4, -0.2) is 24.1 Å². The van der Waals surface area contributed by atoms with Gasteiger partial charge in [0.1, 0.15) is 0 Å². The first-order valence-electron chi connectivity index (χ1n) is 10.3. The third kappa shape index (κ3) is 5.00. The van der Waals surface area contributed by atoms with Crippen LogP contribution in [0, 0.1) is 6.92 Å². The molecule has 8 heteroatoms. The summed E-state index contributed by atoms with van der Waals surface area (Å²) in [7, 11) is -4.01. The molecule has 0 bridgehead atoms. The molecular weight excluding hydrogens is 524 g/mol. The quantitative estimate of drug-likeness (QED) is 0.373. The lowest BCUT2D eigenvalue weighted by Gasteiger charge is -2.15. The number of H-pyrrole nitrogens is 1. The fourth-order valence-electron chi connectivity index (χ4n) is 3.80. The molecular formula is C25H22BrClN2O3S. The number of aryl methyl sites for hydroxylation is 1. The summed E-state index contributed by atoms with van der Waals surface area (Å²) in [5.41, 5.74) is 4.94. The van der Waals surface area contributed by atoms with Crippen molar-refractivity contribution in [3.63, 3.8) is 0 Å². The number of hydrogen-bond donors (Lipinski definition) is 2. The molecule has 1 atom stereocenters. The van der Waals surface area contributed by atoms with Crippen molar-refractivity contribution >= 4 is 60.4 Å². The molecule has 1 amide bonds. The van der Waals surface area contributed by atoms with Gasteiger partial charge in [-0.05, 0) is 60.4 Å². The zero-order valence-corrected chi connectivity index (χ0v) is 21.0. The average Bonchev–Trinajstić information content (AvgIpc) is 3.09. The molecule has 1 heterocycles. The van der Waals surface area contributed by atoms with Gasteiger partial charge in [0.05, 0.1) is 4.90 Å². The minimum absolute atomic E-state index is 0.0106. The van der Waals surface area contributed by atoms with Crippen molar-refractivity contribution in [3.8, 4) is 0 Å². The molecule has 1 aliphatic carbocycles. The van der Waals surface area contributed by atoms with Gasteiger partial charge in [-0.3, -0.25) is 4.79 Å². The molecule has 0 saturated heterocycles. The zero-order valence-electron chi connectivity index (χ0n) is 17.9. The number of hydrogen-bond acceptors (Lipinski definition) is 3. The number of nitrogens with one attached hydrogen (secondary N) is 2. The summed E-state index contributed by atoms with van der Waals surface area (Å²) in [6.07, 6.45) is 7.04. The fourth-order valence-corrected chi connectivity index (χ4v) is 5.73. The Balaban J connectivity index is 1.62. The number of fused-ring (bicyclic) bond motifs is 1. The molecule has 0 aliphatic heterocycles. The summed E-state index contributed by atoms with van der Waals surface area (Å²) >= 11 is 10.0. The number of carbonyl (C=O) groups is 1. The van der Waals surface area contributed by atoms with Crippen LogP contribution in [0.15, 0.2) is 76.7 Å². The van der Waals surface area contributed by atoms with Gasteiger partial charge in [-0.15, -0.1) is 0 Å². The average molecular weight is 546 g/mol. The molecule has 33 heavy (non-hydrogen) atoms. The smallest absolute Gasteiger partial charge is 0.265 e. The number of benzene rings is 2. The third-order valence-electron chi connectivity index (χ3n) is 5.63. The highest BCUT2D eigenvalue weighted by Crippen LogP contribution is 2.32. The van der Waals surface area contributed by atoms with E-state index in [1.54, 1.807) is 36.4 Å². The Morgan fingerprint density at radius 2 is 2.00 bits per heavy atom. The van der Waals surface area contributed by atoms with Crippen LogP contribution in [-0.2, 0) is 16.4 Å². The lowest BCUT2D eigenvalue weighted by Crippen LogP contribution is -2.30. The molecule has 0 spiro atoms. The van der Waals surface area contributed by atoms with Crippen LogP contribution in [0.1, 0.15) is 33.6 Å². The topological polar surface area (TPSA) is 79.0 Å². The Bertz CT molecular complexity index is 1420. The fraction of sp³-hybridized carbons (Fsp3) is 0.160. The molecule has 0 fully saturated rings. The van der Waals surface area contributed by atoms with E-state index in [2.05, 4.69) is 38.3 Å². The lowest BCUT2D eigenvalue weighted by molar-refractivity contribution is 0.0981. The van der Waals surface area contributed by atoms with Crippen LogP contribution in [0.25, 0.3) is 17.0 Å². The molecule has 4 rings (SSSR count). The maximum Gasteiger partial charge on any atom is 0.265 e. The molecule has 2 N–H and O–H groups in total. The Morgan fingerprint density at radius 3 is 2.67 bits per heavy atom. The standard InChI is InChI=1S/C25H22BrClN2O3S/c1-3-16-4-9-20(10-5-16)33(31,32)29-25(30)18-7-11-24-22(13-18)21(15(2)28-24)12-17-6-8-19(26)14-23(17)27/h3-11,13,19,28H,1,12,14H2,2H3,(H,29,30). The van der Waals surface area contributed by atoms with Crippen LogP contribution in [0.3, 0.4) is 0 Å². The van der Waals surface area contributed by atoms with E-state index in [-0.39, 0.29) is 15.3 Å². The van der Waals surface area contributed by atoms with Gasteiger partial charge in [-0.1, -0.05) is 64.5 Å². The van der Waals surface area contributed by atoms with E-state index in [9.17, 15) is 13.2 Å². The maximum absolute atomic E-state index is 12.8. The van der Waals surface area contributed by atoms with E-state index in [1.165, 1.54) is 12.1 Å². The number of amides is 1. The number of sulfonamides is 1. The van der Waals surface area contributed by atoms with E-state index in [1.807, 2.05) is 13.0 Å². The largest absolute Gasteiger partial charge is 0.358 e. The highest BCUT2D eigenvalue weighted by Gasteiger charge is 2.21. The summed E-state index contributed by atoms with van der Waals surface area (Å²) < 4.78 is 27.5. The number of aromatic amines is 1. The van der Waals surface area contributed by atoms with Crippen molar-refractivity contribution in [3.05, 3.63) is 94.2 Å². The highest BCUT2D eigenvalue weighted by atomic mass is 79.9. The van der Waals surface area contributed by atoms with Gasteiger partial charge in [0.25, 0.3) is 15.9 Å². The maximum atomic E-state index is 12.8. The van der Waals surface area contributed by atoms with Gasteiger partial charge >= 0.3 is 0 Å². The van der Waals surface area contributed by atoms with E-state index >= 15 is 0 Å². The van der Waals surface area contributed by atoms with Gasteiger partial charge in [-0.25, -0.2) is 13.1 Å². The summed E-state index contributed by atoms with van der Waals surface area (Å²) in [6, 6.07) is 11.2. The van der Waals surface area contributed by atoms with Gasteiger partial charge in [0, 0.05) is 38.4 Å². The first-order valence-corrected chi connectivity index (χ1v) is 13.1. The Kier molecular flexibility index (Phi) is 6.66. The number of aromatic nitrogens is 1. The minimum Gasteiger partial charge on any atom is -0.358 e. The molecule has 1 aliphatic rings. The number of halogens is 2. The van der Waals surface area contributed by atoms with Crippen molar-refractivity contribution in [2.75, 3.05) is 0 Å². The van der Waals surface area contributed by atoms with Gasteiger partial charge in [-0.2, -0.15) is 0 Å². The normalized spacial score (nSPS) is 16.3. The van der Waals surface area contributed by atoms with E-state index in [0.29, 0.717) is 6.42 Å². The van der Waals surface area contributed by atoms with E-state index in [0.717, 1.165) is 44.7 Å². The van der Waals surface area contributed by atoms with E-state index < -0.39 is 15.9 Å². The molecule has 0 radical (unpaired) electrons. The molecule has 1 unspecified atom stereocenters. The van der Waals surface area contributed by atoms with Crippen LogP contribution in [0.4, 0.5) is 0 Å². The summed E-state index contributed by atoms with van der Waals surface area (Å²) in [5, 5.41) is 1.66. The van der Waals surface area contributed by atoms with E-state index in [4.69, 9.17) is 11.6 Å². The number of allylic oxidation sites excluding steroid dienone is 4. The van der Waals surface area contributed by atoms with Crippen molar-refractivity contribution in [1.29, 1.82) is 0 Å². The second-order valence-corrected chi connectivity index (χ2v) is 11.2. The number of rotatable bonds is 6. The minimum atomic E-state index is -4.01. The molecule has 2 aromatic carbocycles. The Morgan fingerprint density at radius 1 is 1.27 bits per heavy atom. The van der Waals surface area contributed by atoms with Gasteiger partial charge in [0.15, 0.2) is 0 Å². The van der Waals surface area contributed by atoms with Gasteiger partial charge < -0.3 is 4.98 Å². The van der Waals surface area contributed by atoms with Gasteiger partial charge in [0.2, 0.25) is 0 Å². The summed E-state index contributed by atoms with van der Waals surface area (Å²) in [5.74, 6) is -0.688. The summed E-state index contributed by atoms with van der Waals surface area (Å²) in [6.45, 7) is 5.62. The monoisotopic (exact) mass is 544 g/mol. The lowest BCUT2D eigenvalue weighted by atomic mass is 9.97. The SMILES string of the molecule is C=Cc1ccc(S(=O)(=O)NC(=O)c2ccc3[nH]c(C)c(CC4=C(Cl)CC(Br)C=C4)c3c2)cc1. The Labute approximate surface area is 206 Å². The molecule has 0 saturated carbocycles. The second-order valence-electron chi connectivity index (χ2n) is 7.88. The second kappa shape index (κ2) is 9.33. The zero-order chi connectivity index (χ0) is 23.8. The number of carbonyl (C=O) groups excluding carboxylic acids is 1. The van der Waals surface area contributed by atoms with Crippen molar-refractivity contribution in [2.45, 2.75) is 29.5 Å². The van der Waals surface area contributed by atoms with Crippen LogP contribution < -0.4 is 4.72 Å². The molecule has 1 aromatic heterocycles. The molecule has 170 valence electrons. The molecule has 3 aromatic rings.